The van der Waals surface area contributed by atoms with Gasteiger partial charge >= 0.3 is 0 Å². The molecule has 1 saturated carbocycles. The Morgan fingerprint density at radius 1 is 1.22 bits per heavy atom. The van der Waals surface area contributed by atoms with Crippen molar-refractivity contribution in [2.45, 2.75) is 13.8 Å². The topological polar surface area (TPSA) is 17.1 Å². The molecule has 1 aromatic rings. The number of carbonyl (C=O) groups is 1. The summed E-state index contributed by atoms with van der Waals surface area (Å²) in [5, 5.41) is 1.01. The van der Waals surface area contributed by atoms with E-state index in [1.165, 1.54) is 0 Å². The maximum atomic E-state index is 11.3. The minimum atomic E-state index is -0.290. The number of benzene rings is 1. The Balaban J connectivity index is 2.20. The molecule has 1 nitrogen and oxygen atoms in total. The summed E-state index contributed by atoms with van der Waals surface area (Å²) >= 11 is 17.7. The van der Waals surface area contributed by atoms with E-state index in [1.807, 2.05) is 32.1 Å². The summed E-state index contributed by atoms with van der Waals surface area (Å²) in [7, 11) is 0. The Hall–Kier alpha value is -0.500. The molecule has 0 bridgehead atoms. The van der Waals surface area contributed by atoms with Gasteiger partial charge in [-0.1, -0.05) is 55.3 Å². The lowest BCUT2D eigenvalue weighted by Crippen LogP contribution is -1.96. The summed E-state index contributed by atoms with van der Waals surface area (Å²) in [6.45, 7) is 4.04. The molecule has 0 aromatic heterocycles. The molecule has 2 atom stereocenters. The maximum absolute atomic E-state index is 11.3. The van der Waals surface area contributed by atoms with Crippen LogP contribution in [0.1, 0.15) is 19.4 Å². The molecule has 1 aliphatic rings. The highest BCUT2D eigenvalue weighted by molar-refractivity contribution is 6.64. The van der Waals surface area contributed by atoms with Gasteiger partial charge in [0.05, 0.1) is 0 Å². The molecule has 18 heavy (non-hydrogen) atoms. The molecule has 96 valence electrons. The van der Waals surface area contributed by atoms with Crippen LogP contribution in [0.2, 0.25) is 5.02 Å². The Bertz CT molecular complexity index is 502. The first-order chi connectivity index (χ1) is 8.34. The summed E-state index contributed by atoms with van der Waals surface area (Å²) in [6.07, 6.45) is 1.91. The lowest BCUT2D eigenvalue weighted by atomic mass is 10.1. The molecule has 2 rings (SSSR count). The van der Waals surface area contributed by atoms with Gasteiger partial charge in [0.15, 0.2) is 0 Å². The minimum Gasteiger partial charge on any atom is -0.281 e. The van der Waals surface area contributed by atoms with Gasteiger partial charge in [-0.2, -0.15) is 0 Å². The fraction of sp³-hybridized carbons (Fsp3) is 0.357. The van der Waals surface area contributed by atoms with Crippen LogP contribution in [0.3, 0.4) is 0 Å². The van der Waals surface area contributed by atoms with Crippen LogP contribution in [-0.2, 0) is 4.79 Å². The third kappa shape index (κ3) is 2.59. The van der Waals surface area contributed by atoms with E-state index < -0.39 is 0 Å². The lowest BCUT2D eigenvalue weighted by molar-refractivity contribution is -0.113. The van der Waals surface area contributed by atoms with Gasteiger partial charge in [-0.15, -0.1) is 0 Å². The fourth-order valence-corrected chi connectivity index (χ4v) is 3.09. The van der Waals surface area contributed by atoms with E-state index in [-0.39, 0.29) is 22.5 Å². The van der Waals surface area contributed by atoms with Gasteiger partial charge in [0, 0.05) is 16.0 Å². The van der Waals surface area contributed by atoms with E-state index in [2.05, 4.69) is 0 Å². The number of allylic oxidation sites excluding steroid dienone is 1. The predicted octanol–water partition coefficient (Wildman–Crippen LogP) is 4.96. The highest BCUT2D eigenvalue weighted by Crippen LogP contribution is 2.60. The second-order valence-corrected chi connectivity index (χ2v) is 6.37. The Morgan fingerprint density at radius 2 is 1.78 bits per heavy atom. The van der Waals surface area contributed by atoms with Crippen LogP contribution in [-0.4, -0.2) is 5.24 Å². The highest BCUT2D eigenvalue weighted by Gasteiger charge is 2.60. The van der Waals surface area contributed by atoms with E-state index in [0.29, 0.717) is 10.1 Å². The van der Waals surface area contributed by atoms with Crippen LogP contribution >= 0.6 is 34.8 Å². The van der Waals surface area contributed by atoms with Gasteiger partial charge in [0.25, 0.3) is 0 Å². The van der Waals surface area contributed by atoms with Gasteiger partial charge in [0.1, 0.15) is 0 Å². The molecule has 0 saturated heterocycles. The zero-order valence-corrected chi connectivity index (χ0v) is 12.4. The largest absolute Gasteiger partial charge is 0.281 e. The van der Waals surface area contributed by atoms with Crippen molar-refractivity contribution in [3.63, 3.8) is 0 Å². The first kappa shape index (κ1) is 13.9. The molecule has 0 aliphatic heterocycles. The van der Waals surface area contributed by atoms with Crippen molar-refractivity contribution in [3.05, 3.63) is 40.9 Å². The van der Waals surface area contributed by atoms with E-state index in [9.17, 15) is 4.79 Å². The van der Waals surface area contributed by atoms with Crippen LogP contribution in [0.25, 0.3) is 5.03 Å². The smallest absolute Gasteiger partial charge is 0.225 e. The number of hydrogen-bond donors (Lipinski definition) is 0. The van der Waals surface area contributed by atoms with Crippen molar-refractivity contribution in [2.75, 3.05) is 0 Å². The van der Waals surface area contributed by atoms with Crippen molar-refractivity contribution < 1.29 is 4.79 Å². The van der Waals surface area contributed by atoms with E-state index >= 15 is 0 Å². The summed E-state index contributed by atoms with van der Waals surface area (Å²) in [5.41, 5.74) is 0.787. The van der Waals surface area contributed by atoms with Crippen LogP contribution in [0.4, 0.5) is 0 Å². The summed E-state index contributed by atoms with van der Waals surface area (Å²) in [6, 6.07) is 7.28. The summed E-state index contributed by atoms with van der Waals surface area (Å²) in [5.74, 6) is -0.0362. The molecule has 0 unspecified atom stereocenters. The molecular weight excluding hydrogens is 291 g/mol. The Morgan fingerprint density at radius 3 is 2.22 bits per heavy atom. The minimum absolute atomic E-state index is 0.102. The number of rotatable bonds is 3. The van der Waals surface area contributed by atoms with Crippen molar-refractivity contribution >= 4 is 45.1 Å². The van der Waals surface area contributed by atoms with Crippen LogP contribution in [0.5, 0.6) is 0 Å². The zero-order chi connectivity index (χ0) is 13.5. The average Bonchev–Trinajstić information content (AvgIpc) is 2.81. The molecule has 0 N–H and O–H groups in total. The molecule has 1 aromatic carbocycles. The predicted molar refractivity (Wildman–Crippen MR) is 76.9 cm³/mol. The summed E-state index contributed by atoms with van der Waals surface area (Å²) in [4.78, 5) is 11.3. The Kier molecular flexibility index (Phi) is 3.77. The SMILES string of the molecule is CC1(C)[C@@H](/C=C(\Cl)c2ccc(Cl)cc2)[C@@H]1C(=O)Cl. The number of carbonyl (C=O) groups excluding carboxylic acids is 1. The van der Waals surface area contributed by atoms with Crippen LogP contribution < -0.4 is 0 Å². The molecule has 1 fully saturated rings. The molecular formula is C14H13Cl3O. The fourth-order valence-electron chi connectivity index (χ4n) is 2.29. The second kappa shape index (κ2) is 4.88. The first-order valence-electron chi connectivity index (χ1n) is 5.66. The summed E-state index contributed by atoms with van der Waals surface area (Å²) < 4.78 is 0. The molecule has 0 radical (unpaired) electrons. The van der Waals surface area contributed by atoms with Crippen molar-refractivity contribution in [1.82, 2.24) is 0 Å². The second-order valence-electron chi connectivity index (χ2n) is 5.15. The third-order valence-electron chi connectivity index (χ3n) is 3.60. The molecule has 0 spiro atoms. The van der Waals surface area contributed by atoms with Crippen molar-refractivity contribution in [3.8, 4) is 0 Å². The third-order valence-corrected chi connectivity index (χ3v) is 4.43. The van der Waals surface area contributed by atoms with E-state index in [4.69, 9.17) is 34.8 Å². The van der Waals surface area contributed by atoms with Gasteiger partial charge < -0.3 is 0 Å². The van der Waals surface area contributed by atoms with Gasteiger partial charge in [-0.25, -0.2) is 0 Å². The average molecular weight is 304 g/mol. The van der Waals surface area contributed by atoms with Gasteiger partial charge in [-0.3, -0.25) is 4.79 Å². The molecule has 4 heteroatoms. The molecule has 0 amide bonds. The molecule has 0 heterocycles. The maximum Gasteiger partial charge on any atom is 0.225 e. The standard InChI is InChI=1S/C14H13Cl3O/c1-14(2)10(12(14)13(17)18)7-11(16)8-3-5-9(15)6-4-8/h3-7,10,12H,1-2H3/b11-7-/t10-,12+/m0/s1. The van der Waals surface area contributed by atoms with Crippen molar-refractivity contribution in [1.29, 1.82) is 0 Å². The van der Waals surface area contributed by atoms with Gasteiger partial charge in [-0.05, 0) is 40.6 Å². The quantitative estimate of drug-likeness (QED) is 0.721. The first-order valence-corrected chi connectivity index (χ1v) is 6.80. The Labute approximate surface area is 122 Å². The lowest BCUT2D eigenvalue weighted by Gasteiger charge is -2.01. The van der Waals surface area contributed by atoms with E-state index in [0.717, 1.165) is 5.56 Å². The van der Waals surface area contributed by atoms with Crippen LogP contribution in [0, 0.1) is 17.3 Å². The molecule has 1 aliphatic carbocycles. The van der Waals surface area contributed by atoms with Gasteiger partial charge in [0.2, 0.25) is 5.24 Å². The van der Waals surface area contributed by atoms with Crippen LogP contribution in [0.15, 0.2) is 30.3 Å². The number of hydrogen-bond acceptors (Lipinski definition) is 1. The highest BCUT2D eigenvalue weighted by atomic mass is 35.5. The number of halogens is 3. The monoisotopic (exact) mass is 302 g/mol. The van der Waals surface area contributed by atoms with Crippen molar-refractivity contribution in [2.24, 2.45) is 17.3 Å². The normalized spacial score (nSPS) is 25.9. The van der Waals surface area contributed by atoms with E-state index in [1.54, 1.807) is 12.1 Å². The zero-order valence-electron chi connectivity index (χ0n) is 10.1.